The van der Waals surface area contributed by atoms with E-state index in [1.807, 2.05) is 30.9 Å². The predicted molar refractivity (Wildman–Crippen MR) is 62.3 cm³/mol. The van der Waals surface area contributed by atoms with E-state index in [1.54, 1.807) is 12.4 Å². The van der Waals surface area contributed by atoms with Crippen LogP contribution in [0.25, 0.3) is 0 Å². The normalized spacial score (nSPS) is 22.6. The van der Waals surface area contributed by atoms with E-state index in [4.69, 9.17) is 0 Å². The van der Waals surface area contributed by atoms with Crippen LogP contribution in [0.4, 0.5) is 0 Å². The van der Waals surface area contributed by atoms with E-state index in [0.717, 1.165) is 23.6 Å². The van der Waals surface area contributed by atoms with Gasteiger partial charge in [-0.05, 0) is 19.2 Å². The SMILES string of the molecule is CN1CCSCC1C(=O)c1cccnc1. The molecule has 1 aliphatic heterocycles. The molecule has 2 heterocycles. The average molecular weight is 222 g/mol. The Morgan fingerprint density at radius 1 is 1.67 bits per heavy atom. The number of ketones is 1. The van der Waals surface area contributed by atoms with Crippen LogP contribution < -0.4 is 0 Å². The van der Waals surface area contributed by atoms with Crippen molar-refractivity contribution < 1.29 is 4.79 Å². The van der Waals surface area contributed by atoms with Crippen molar-refractivity contribution in [2.75, 3.05) is 25.1 Å². The highest BCUT2D eigenvalue weighted by molar-refractivity contribution is 7.99. The molecule has 0 radical (unpaired) electrons. The van der Waals surface area contributed by atoms with Crippen LogP contribution in [0.1, 0.15) is 10.4 Å². The molecule has 1 fully saturated rings. The van der Waals surface area contributed by atoms with Crippen molar-refractivity contribution in [1.82, 2.24) is 9.88 Å². The summed E-state index contributed by atoms with van der Waals surface area (Å²) in [6.07, 6.45) is 3.34. The number of aromatic nitrogens is 1. The first-order valence-electron chi connectivity index (χ1n) is 5.01. The summed E-state index contributed by atoms with van der Waals surface area (Å²) in [7, 11) is 2.01. The van der Waals surface area contributed by atoms with Gasteiger partial charge in [-0.2, -0.15) is 11.8 Å². The quantitative estimate of drug-likeness (QED) is 0.706. The molecule has 2 rings (SSSR count). The zero-order chi connectivity index (χ0) is 10.7. The molecule has 1 aliphatic rings. The van der Waals surface area contributed by atoms with Crippen molar-refractivity contribution in [2.45, 2.75) is 6.04 Å². The monoisotopic (exact) mass is 222 g/mol. The van der Waals surface area contributed by atoms with E-state index >= 15 is 0 Å². The van der Waals surface area contributed by atoms with Gasteiger partial charge in [0.25, 0.3) is 0 Å². The Kier molecular flexibility index (Phi) is 3.38. The summed E-state index contributed by atoms with van der Waals surface area (Å²) >= 11 is 1.85. The first kappa shape index (κ1) is 10.6. The van der Waals surface area contributed by atoms with Crippen molar-refractivity contribution in [1.29, 1.82) is 0 Å². The molecular formula is C11H14N2OS. The van der Waals surface area contributed by atoms with Gasteiger partial charge in [-0.15, -0.1) is 0 Å². The first-order valence-corrected chi connectivity index (χ1v) is 6.17. The topological polar surface area (TPSA) is 33.2 Å². The molecule has 1 saturated heterocycles. The molecule has 1 aromatic rings. The number of hydrogen-bond donors (Lipinski definition) is 0. The van der Waals surface area contributed by atoms with E-state index < -0.39 is 0 Å². The van der Waals surface area contributed by atoms with Crippen LogP contribution in [0.5, 0.6) is 0 Å². The lowest BCUT2D eigenvalue weighted by molar-refractivity contribution is 0.0874. The second-order valence-electron chi connectivity index (χ2n) is 3.68. The summed E-state index contributed by atoms with van der Waals surface area (Å²) < 4.78 is 0. The van der Waals surface area contributed by atoms with Crippen LogP contribution in [0.15, 0.2) is 24.5 Å². The number of likely N-dealkylation sites (N-methyl/N-ethyl adjacent to an activating group) is 1. The number of pyridine rings is 1. The fourth-order valence-corrected chi connectivity index (χ4v) is 2.88. The second kappa shape index (κ2) is 4.77. The number of hydrogen-bond acceptors (Lipinski definition) is 4. The van der Waals surface area contributed by atoms with Gasteiger partial charge in [-0.1, -0.05) is 0 Å². The molecule has 0 aromatic carbocycles. The van der Waals surface area contributed by atoms with Gasteiger partial charge < -0.3 is 0 Å². The standard InChI is InChI=1S/C11H14N2OS/c1-13-5-6-15-8-10(13)11(14)9-3-2-4-12-7-9/h2-4,7,10H,5-6,8H2,1H3. The van der Waals surface area contributed by atoms with Gasteiger partial charge in [0.15, 0.2) is 5.78 Å². The van der Waals surface area contributed by atoms with Crippen molar-refractivity contribution in [3.8, 4) is 0 Å². The minimum absolute atomic E-state index is 0.0212. The Hall–Kier alpha value is -0.870. The van der Waals surface area contributed by atoms with Crippen LogP contribution in [0.2, 0.25) is 0 Å². The summed E-state index contributed by atoms with van der Waals surface area (Å²) in [5.41, 5.74) is 0.719. The van der Waals surface area contributed by atoms with Crippen LogP contribution in [-0.2, 0) is 0 Å². The van der Waals surface area contributed by atoms with Crippen LogP contribution in [0, 0.1) is 0 Å². The Bertz CT molecular complexity index is 342. The lowest BCUT2D eigenvalue weighted by Crippen LogP contribution is -2.44. The van der Waals surface area contributed by atoms with Gasteiger partial charge in [0.1, 0.15) is 0 Å². The number of rotatable bonds is 2. The highest BCUT2D eigenvalue weighted by atomic mass is 32.2. The molecule has 80 valence electrons. The summed E-state index contributed by atoms with van der Waals surface area (Å²) in [4.78, 5) is 18.2. The molecule has 1 aromatic heterocycles. The smallest absolute Gasteiger partial charge is 0.182 e. The lowest BCUT2D eigenvalue weighted by atomic mass is 10.1. The van der Waals surface area contributed by atoms with Gasteiger partial charge in [0.2, 0.25) is 0 Å². The third kappa shape index (κ3) is 2.38. The van der Waals surface area contributed by atoms with Gasteiger partial charge in [-0.25, -0.2) is 0 Å². The van der Waals surface area contributed by atoms with E-state index in [9.17, 15) is 4.79 Å². The minimum Gasteiger partial charge on any atom is -0.295 e. The number of Topliss-reactive ketones (excluding diaryl/α,β-unsaturated/α-hetero) is 1. The lowest BCUT2D eigenvalue weighted by Gasteiger charge is -2.30. The Labute approximate surface area is 93.9 Å². The first-order chi connectivity index (χ1) is 7.29. The molecule has 0 saturated carbocycles. The van der Waals surface area contributed by atoms with Crippen LogP contribution >= 0.6 is 11.8 Å². The summed E-state index contributed by atoms with van der Waals surface area (Å²) in [5, 5.41) is 0. The largest absolute Gasteiger partial charge is 0.295 e. The predicted octanol–water partition coefficient (Wildman–Crippen LogP) is 1.31. The average Bonchev–Trinajstić information content (AvgIpc) is 2.30. The zero-order valence-electron chi connectivity index (χ0n) is 8.72. The van der Waals surface area contributed by atoms with Gasteiger partial charge in [-0.3, -0.25) is 14.7 Å². The highest BCUT2D eigenvalue weighted by Crippen LogP contribution is 2.18. The number of thioether (sulfide) groups is 1. The summed E-state index contributed by atoms with van der Waals surface area (Å²) in [6, 6.07) is 3.67. The molecule has 1 unspecified atom stereocenters. The van der Waals surface area contributed by atoms with E-state index in [2.05, 4.69) is 9.88 Å². The Morgan fingerprint density at radius 2 is 2.53 bits per heavy atom. The minimum atomic E-state index is 0.0212. The number of carbonyl (C=O) groups excluding carboxylic acids is 1. The molecule has 3 nitrogen and oxygen atoms in total. The maximum absolute atomic E-state index is 12.1. The molecule has 15 heavy (non-hydrogen) atoms. The number of carbonyl (C=O) groups is 1. The molecule has 0 bridgehead atoms. The number of nitrogens with zero attached hydrogens (tertiary/aromatic N) is 2. The Morgan fingerprint density at radius 3 is 3.20 bits per heavy atom. The molecule has 1 atom stereocenters. The third-order valence-corrected chi connectivity index (χ3v) is 3.67. The van der Waals surface area contributed by atoms with E-state index in [0.29, 0.717) is 0 Å². The molecule has 0 spiro atoms. The molecule has 0 aliphatic carbocycles. The molecule has 0 amide bonds. The second-order valence-corrected chi connectivity index (χ2v) is 4.83. The van der Waals surface area contributed by atoms with Crippen LogP contribution in [0.3, 0.4) is 0 Å². The maximum Gasteiger partial charge on any atom is 0.182 e. The van der Waals surface area contributed by atoms with Crippen molar-refractivity contribution in [3.63, 3.8) is 0 Å². The van der Waals surface area contributed by atoms with Crippen molar-refractivity contribution in [3.05, 3.63) is 30.1 Å². The fraction of sp³-hybridized carbons (Fsp3) is 0.455. The third-order valence-electron chi connectivity index (χ3n) is 2.64. The van der Waals surface area contributed by atoms with Crippen molar-refractivity contribution in [2.24, 2.45) is 0 Å². The maximum atomic E-state index is 12.1. The highest BCUT2D eigenvalue weighted by Gasteiger charge is 2.26. The van der Waals surface area contributed by atoms with Crippen LogP contribution in [-0.4, -0.2) is 46.8 Å². The van der Waals surface area contributed by atoms with E-state index in [1.165, 1.54) is 0 Å². The zero-order valence-corrected chi connectivity index (χ0v) is 9.54. The molecule has 4 heteroatoms. The van der Waals surface area contributed by atoms with Crippen molar-refractivity contribution >= 4 is 17.5 Å². The van der Waals surface area contributed by atoms with Gasteiger partial charge in [0, 0.05) is 36.0 Å². The summed E-state index contributed by atoms with van der Waals surface area (Å²) in [6.45, 7) is 0.987. The Balaban J connectivity index is 2.13. The van der Waals surface area contributed by atoms with Gasteiger partial charge in [0.05, 0.1) is 6.04 Å². The van der Waals surface area contributed by atoms with E-state index in [-0.39, 0.29) is 11.8 Å². The van der Waals surface area contributed by atoms with Gasteiger partial charge >= 0.3 is 0 Å². The summed E-state index contributed by atoms with van der Waals surface area (Å²) in [5.74, 6) is 2.20. The molecular weight excluding hydrogens is 208 g/mol. The fourth-order valence-electron chi connectivity index (χ4n) is 1.66. The molecule has 0 N–H and O–H groups in total.